The van der Waals surface area contributed by atoms with Gasteiger partial charge in [-0.1, -0.05) is 55.4 Å². The van der Waals surface area contributed by atoms with Crippen molar-refractivity contribution in [3.63, 3.8) is 0 Å². The summed E-state index contributed by atoms with van der Waals surface area (Å²) in [6, 6.07) is 10.1. The number of nitrogens with zero attached hydrogens (tertiary/aromatic N) is 2. The molecule has 2 aromatic rings. The van der Waals surface area contributed by atoms with Crippen LogP contribution in [0, 0.1) is 0 Å². The Labute approximate surface area is 135 Å². The highest BCUT2D eigenvalue weighted by Gasteiger charge is 2.11. The van der Waals surface area contributed by atoms with Crippen LogP contribution in [-0.2, 0) is 0 Å². The first-order valence-corrected chi connectivity index (χ1v) is 8.72. The molecule has 0 amide bonds. The van der Waals surface area contributed by atoms with E-state index in [1.165, 1.54) is 11.8 Å². The molecule has 1 heterocycles. The lowest BCUT2D eigenvalue weighted by molar-refractivity contribution is 0.666. The fourth-order valence-corrected chi connectivity index (χ4v) is 2.71. The molecule has 112 valence electrons. The molecule has 2 rings (SSSR count). The zero-order chi connectivity index (χ0) is 15.2. The van der Waals surface area contributed by atoms with Crippen LogP contribution in [0.4, 0.5) is 5.82 Å². The van der Waals surface area contributed by atoms with Gasteiger partial charge in [-0.25, -0.2) is 9.97 Å². The number of benzene rings is 1. The van der Waals surface area contributed by atoms with Crippen molar-refractivity contribution in [2.45, 2.75) is 37.9 Å². The number of anilines is 1. The fraction of sp³-hybridized carbons (Fsp3) is 0.375. The van der Waals surface area contributed by atoms with E-state index >= 15 is 0 Å². The summed E-state index contributed by atoms with van der Waals surface area (Å²) in [7, 11) is 0. The first kappa shape index (κ1) is 16.1. The lowest BCUT2D eigenvalue weighted by Gasteiger charge is -2.16. The van der Waals surface area contributed by atoms with Crippen molar-refractivity contribution in [2.75, 3.05) is 11.6 Å². The predicted molar refractivity (Wildman–Crippen MR) is 92.3 cm³/mol. The van der Waals surface area contributed by atoms with Gasteiger partial charge in [-0.15, -0.1) is 0 Å². The number of nitrogens with one attached hydrogen (secondary N) is 1. The fourth-order valence-electron chi connectivity index (χ4n) is 2.10. The third-order valence-corrected chi connectivity index (χ3v) is 4.25. The molecule has 1 N–H and O–H groups in total. The van der Waals surface area contributed by atoms with Gasteiger partial charge in [0.25, 0.3) is 0 Å². The van der Waals surface area contributed by atoms with Crippen LogP contribution < -0.4 is 5.32 Å². The Kier molecular flexibility index (Phi) is 5.88. The second-order valence-corrected chi connectivity index (χ2v) is 5.94. The van der Waals surface area contributed by atoms with Crippen LogP contribution >= 0.6 is 23.4 Å². The van der Waals surface area contributed by atoms with Gasteiger partial charge in [0, 0.05) is 22.7 Å². The van der Waals surface area contributed by atoms with Crippen molar-refractivity contribution in [3.05, 3.63) is 35.4 Å². The van der Waals surface area contributed by atoms with Crippen molar-refractivity contribution in [1.82, 2.24) is 9.97 Å². The molecule has 21 heavy (non-hydrogen) atoms. The van der Waals surface area contributed by atoms with Gasteiger partial charge in [0.05, 0.1) is 5.69 Å². The highest BCUT2D eigenvalue weighted by atomic mass is 35.5. The van der Waals surface area contributed by atoms with E-state index in [1.807, 2.05) is 36.6 Å². The average Bonchev–Trinajstić information content (AvgIpc) is 2.52. The van der Waals surface area contributed by atoms with Crippen LogP contribution in [0.2, 0.25) is 5.02 Å². The Balaban J connectivity index is 2.40. The monoisotopic (exact) mass is 321 g/mol. The zero-order valence-corrected chi connectivity index (χ0v) is 14.1. The second-order valence-electron chi connectivity index (χ2n) is 4.76. The molecule has 0 fully saturated rings. The average molecular weight is 322 g/mol. The lowest BCUT2D eigenvalue weighted by atomic mass is 10.1. The van der Waals surface area contributed by atoms with Crippen LogP contribution in [-0.4, -0.2) is 22.3 Å². The molecule has 0 aliphatic heterocycles. The van der Waals surface area contributed by atoms with Crippen molar-refractivity contribution in [1.29, 1.82) is 0 Å². The van der Waals surface area contributed by atoms with Crippen LogP contribution in [0.3, 0.4) is 0 Å². The smallest absolute Gasteiger partial charge is 0.189 e. The lowest BCUT2D eigenvalue weighted by Crippen LogP contribution is -2.18. The topological polar surface area (TPSA) is 37.8 Å². The summed E-state index contributed by atoms with van der Waals surface area (Å²) in [6.07, 6.45) is 4.11. The maximum atomic E-state index is 6.28. The molecule has 0 aliphatic rings. The molecule has 1 aromatic heterocycles. The zero-order valence-electron chi connectivity index (χ0n) is 12.6. The first-order valence-electron chi connectivity index (χ1n) is 7.12. The predicted octanol–water partition coefficient (Wildman–Crippen LogP) is 5.12. The largest absolute Gasteiger partial charge is 0.367 e. The molecule has 0 saturated carbocycles. The molecule has 0 spiro atoms. The van der Waals surface area contributed by atoms with E-state index in [-0.39, 0.29) is 0 Å². The molecule has 0 atom stereocenters. The van der Waals surface area contributed by atoms with Crippen molar-refractivity contribution >= 4 is 29.2 Å². The van der Waals surface area contributed by atoms with Gasteiger partial charge in [-0.3, -0.25) is 0 Å². The maximum Gasteiger partial charge on any atom is 0.189 e. The minimum absolute atomic E-state index is 0.425. The van der Waals surface area contributed by atoms with Gasteiger partial charge >= 0.3 is 0 Å². The van der Waals surface area contributed by atoms with Gasteiger partial charge in [0.1, 0.15) is 5.82 Å². The van der Waals surface area contributed by atoms with Gasteiger partial charge < -0.3 is 5.32 Å². The van der Waals surface area contributed by atoms with E-state index in [0.717, 1.165) is 35.1 Å². The molecule has 0 radical (unpaired) electrons. The number of rotatable bonds is 6. The van der Waals surface area contributed by atoms with E-state index in [4.69, 9.17) is 11.6 Å². The summed E-state index contributed by atoms with van der Waals surface area (Å²) in [5.74, 6) is 0.859. The normalized spacial score (nSPS) is 10.9. The van der Waals surface area contributed by atoms with Crippen molar-refractivity contribution < 1.29 is 0 Å². The van der Waals surface area contributed by atoms with Crippen molar-refractivity contribution in [3.8, 4) is 11.3 Å². The maximum absolute atomic E-state index is 6.28. The molecule has 3 nitrogen and oxygen atoms in total. The van der Waals surface area contributed by atoms with E-state index in [1.54, 1.807) is 0 Å². The van der Waals surface area contributed by atoms with E-state index in [9.17, 15) is 0 Å². The quantitative estimate of drug-likeness (QED) is 0.592. The Hall–Kier alpha value is -1.26. The first-order chi connectivity index (χ1) is 10.2. The highest BCUT2D eigenvalue weighted by Crippen LogP contribution is 2.29. The number of thioether (sulfide) groups is 1. The minimum Gasteiger partial charge on any atom is -0.367 e. The van der Waals surface area contributed by atoms with E-state index < -0.39 is 0 Å². The highest BCUT2D eigenvalue weighted by molar-refractivity contribution is 7.98. The summed E-state index contributed by atoms with van der Waals surface area (Å²) in [5.41, 5.74) is 1.79. The third kappa shape index (κ3) is 4.11. The Morgan fingerprint density at radius 2 is 1.90 bits per heavy atom. The van der Waals surface area contributed by atoms with Gasteiger partial charge in [0.2, 0.25) is 0 Å². The van der Waals surface area contributed by atoms with Crippen LogP contribution in [0.15, 0.2) is 35.5 Å². The molecule has 1 aromatic carbocycles. The summed E-state index contributed by atoms with van der Waals surface area (Å²) in [6.45, 7) is 4.35. The summed E-state index contributed by atoms with van der Waals surface area (Å²) in [5, 5.41) is 4.93. The van der Waals surface area contributed by atoms with Crippen LogP contribution in [0.25, 0.3) is 11.3 Å². The molecule has 0 saturated heterocycles. The second kappa shape index (κ2) is 7.66. The Morgan fingerprint density at radius 3 is 2.52 bits per heavy atom. The third-order valence-electron chi connectivity index (χ3n) is 3.38. The van der Waals surface area contributed by atoms with Gasteiger partial charge in [-0.05, 0) is 25.2 Å². The summed E-state index contributed by atoms with van der Waals surface area (Å²) < 4.78 is 0. The number of hydrogen-bond donors (Lipinski definition) is 1. The molecular formula is C16H20ClN3S. The number of halogens is 1. The molecule has 5 heteroatoms. The minimum atomic E-state index is 0.425. The van der Waals surface area contributed by atoms with E-state index in [2.05, 4.69) is 29.1 Å². The van der Waals surface area contributed by atoms with E-state index in [0.29, 0.717) is 11.1 Å². The molecule has 0 bridgehead atoms. The van der Waals surface area contributed by atoms with Crippen LogP contribution in [0.5, 0.6) is 0 Å². The Morgan fingerprint density at radius 1 is 1.19 bits per heavy atom. The summed E-state index contributed by atoms with van der Waals surface area (Å²) >= 11 is 7.81. The van der Waals surface area contributed by atoms with Gasteiger partial charge in [0.15, 0.2) is 5.16 Å². The van der Waals surface area contributed by atoms with Crippen LogP contribution in [0.1, 0.15) is 26.7 Å². The molecular weight excluding hydrogens is 302 g/mol. The van der Waals surface area contributed by atoms with Gasteiger partial charge in [-0.2, -0.15) is 0 Å². The SMILES string of the molecule is CCC(CC)Nc1cc(-c2ccccc2Cl)nc(SC)n1. The molecule has 0 aliphatic carbocycles. The number of aromatic nitrogens is 2. The number of hydrogen-bond acceptors (Lipinski definition) is 4. The molecule has 0 unspecified atom stereocenters. The Bertz CT molecular complexity index is 600. The standard InChI is InChI=1S/C16H20ClN3S/c1-4-11(5-2)18-15-10-14(19-16(20-15)21-3)12-8-6-7-9-13(12)17/h6-11H,4-5H2,1-3H3,(H,18,19,20). The summed E-state index contributed by atoms with van der Waals surface area (Å²) in [4.78, 5) is 9.11. The van der Waals surface area contributed by atoms with Crippen molar-refractivity contribution in [2.24, 2.45) is 0 Å².